The van der Waals surface area contributed by atoms with Gasteiger partial charge in [-0.05, 0) is 24.1 Å². The van der Waals surface area contributed by atoms with Gasteiger partial charge < -0.3 is 15.2 Å². The van der Waals surface area contributed by atoms with Crippen LogP contribution in [0.3, 0.4) is 0 Å². The van der Waals surface area contributed by atoms with Gasteiger partial charge >= 0.3 is 12.0 Å². The van der Waals surface area contributed by atoms with E-state index in [1.54, 1.807) is 13.8 Å². The van der Waals surface area contributed by atoms with E-state index < -0.39 is 35.7 Å². The lowest BCUT2D eigenvalue weighted by atomic mass is 10.1. The van der Waals surface area contributed by atoms with E-state index in [0.717, 1.165) is 6.07 Å². The predicted octanol–water partition coefficient (Wildman–Crippen LogP) is 1.21. The first-order valence-corrected chi connectivity index (χ1v) is 6.41. The van der Waals surface area contributed by atoms with Gasteiger partial charge in [-0.15, -0.1) is 0 Å². The largest absolute Gasteiger partial charge is 0.494 e. The molecule has 1 aromatic rings. The molecule has 0 aliphatic carbocycles. The number of methoxy groups -OCH3 is 1. The second kappa shape index (κ2) is 7.39. The Kier molecular flexibility index (Phi) is 5.85. The molecule has 0 heterocycles. The van der Waals surface area contributed by atoms with E-state index in [1.807, 2.05) is 5.32 Å². The lowest BCUT2D eigenvalue weighted by molar-refractivity contribution is -0.130. The SMILES string of the molecule is COc1ccc(C(=O)O[C@H](C(=O)NC(N)=O)C(C)C)cc1F. The van der Waals surface area contributed by atoms with Crippen LogP contribution in [-0.4, -0.2) is 31.1 Å². The Bertz CT molecular complexity index is 589. The van der Waals surface area contributed by atoms with Crippen LogP contribution < -0.4 is 15.8 Å². The van der Waals surface area contributed by atoms with Crippen LogP contribution >= 0.6 is 0 Å². The van der Waals surface area contributed by atoms with Crippen molar-refractivity contribution in [1.29, 1.82) is 0 Å². The number of rotatable bonds is 5. The lowest BCUT2D eigenvalue weighted by Crippen LogP contribution is -2.45. The molecule has 0 saturated carbocycles. The van der Waals surface area contributed by atoms with Crippen LogP contribution in [0.15, 0.2) is 18.2 Å². The van der Waals surface area contributed by atoms with Crippen molar-refractivity contribution < 1.29 is 28.2 Å². The molecule has 0 bridgehead atoms. The van der Waals surface area contributed by atoms with Crippen LogP contribution in [-0.2, 0) is 9.53 Å². The Morgan fingerprint density at radius 2 is 1.91 bits per heavy atom. The molecule has 1 rings (SSSR count). The third-order valence-electron chi connectivity index (χ3n) is 2.73. The molecule has 0 aliphatic rings. The van der Waals surface area contributed by atoms with E-state index in [4.69, 9.17) is 15.2 Å². The molecular formula is C14H17FN2O5. The quantitative estimate of drug-likeness (QED) is 0.795. The first-order valence-electron chi connectivity index (χ1n) is 6.41. The average molecular weight is 312 g/mol. The van der Waals surface area contributed by atoms with E-state index in [1.165, 1.54) is 19.2 Å². The molecule has 7 nitrogen and oxygen atoms in total. The number of urea groups is 1. The summed E-state index contributed by atoms with van der Waals surface area (Å²) in [5, 5.41) is 1.84. The van der Waals surface area contributed by atoms with Gasteiger partial charge in [0, 0.05) is 0 Å². The van der Waals surface area contributed by atoms with Gasteiger partial charge in [-0.1, -0.05) is 13.8 Å². The van der Waals surface area contributed by atoms with Gasteiger partial charge in [-0.25, -0.2) is 14.0 Å². The minimum atomic E-state index is -1.23. The lowest BCUT2D eigenvalue weighted by Gasteiger charge is -2.19. The van der Waals surface area contributed by atoms with Crippen molar-refractivity contribution in [3.05, 3.63) is 29.6 Å². The molecule has 0 unspecified atom stereocenters. The molecule has 3 amide bonds. The number of amides is 3. The topological polar surface area (TPSA) is 108 Å². The van der Waals surface area contributed by atoms with Crippen LogP contribution in [0, 0.1) is 11.7 Å². The second-order valence-electron chi connectivity index (χ2n) is 4.77. The molecule has 0 fully saturated rings. The van der Waals surface area contributed by atoms with Gasteiger partial charge in [-0.3, -0.25) is 10.1 Å². The molecule has 0 aliphatic heterocycles. The minimum Gasteiger partial charge on any atom is -0.494 e. The number of carbonyl (C=O) groups excluding carboxylic acids is 3. The first kappa shape index (κ1) is 17.4. The Balaban J connectivity index is 2.89. The maximum absolute atomic E-state index is 13.6. The summed E-state index contributed by atoms with van der Waals surface area (Å²) in [5.41, 5.74) is 4.76. The normalized spacial score (nSPS) is 11.7. The summed E-state index contributed by atoms with van der Waals surface area (Å²) in [6.07, 6.45) is -1.23. The predicted molar refractivity (Wildman–Crippen MR) is 74.7 cm³/mol. The summed E-state index contributed by atoms with van der Waals surface area (Å²) in [5.74, 6) is -2.92. The summed E-state index contributed by atoms with van der Waals surface area (Å²) in [4.78, 5) is 34.4. The van der Waals surface area contributed by atoms with Crippen molar-refractivity contribution in [3.63, 3.8) is 0 Å². The molecule has 0 aromatic heterocycles. The number of imide groups is 1. The molecule has 3 N–H and O–H groups in total. The maximum Gasteiger partial charge on any atom is 0.339 e. The Hall–Kier alpha value is -2.64. The van der Waals surface area contributed by atoms with Crippen molar-refractivity contribution in [3.8, 4) is 5.75 Å². The van der Waals surface area contributed by atoms with E-state index >= 15 is 0 Å². The first-order chi connectivity index (χ1) is 10.3. The number of nitrogens with two attached hydrogens (primary N) is 1. The monoisotopic (exact) mass is 312 g/mol. The van der Waals surface area contributed by atoms with Gasteiger partial charge in [0.05, 0.1) is 12.7 Å². The van der Waals surface area contributed by atoms with Crippen LogP contribution in [0.5, 0.6) is 5.75 Å². The molecular weight excluding hydrogens is 295 g/mol. The van der Waals surface area contributed by atoms with E-state index in [-0.39, 0.29) is 11.3 Å². The van der Waals surface area contributed by atoms with Gasteiger partial charge in [0.1, 0.15) is 0 Å². The summed E-state index contributed by atoms with van der Waals surface area (Å²) in [7, 11) is 1.29. The van der Waals surface area contributed by atoms with Gasteiger partial charge in [-0.2, -0.15) is 0 Å². The van der Waals surface area contributed by atoms with Crippen LogP contribution in [0.25, 0.3) is 0 Å². The maximum atomic E-state index is 13.6. The zero-order chi connectivity index (χ0) is 16.9. The molecule has 8 heteroatoms. The number of primary amides is 1. The number of esters is 1. The van der Waals surface area contributed by atoms with Gasteiger partial charge in [0.2, 0.25) is 0 Å². The minimum absolute atomic E-state index is 0.0246. The Labute approximate surface area is 126 Å². The Morgan fingerprint density at radius 1 is 1.27 bits per heavy atom. The highest BCUT2D eigenvalue weighted by Crippen LogP contribution is 2.19. The number of ether oxygens (including phenoxy) is 2. The highest BCUT2D eigenvalue weighted by Gasteiger charge is 2.28. The molecule has 22 heavy (non-hydrogen) atoms. The third-order valence-corrected chi connectivity index (χ3v) is 2.73. The Morgan fingerprint density at radius 3 is 2.36 bits per heavy atom. The van der Waals surface area contributed by atoms with Crippen LogP contribution in [0.1, 0.15) is 24.2 Å². The fourth-order valence-corrected chi connectivity index (χ4v) is 1.66. The third kappa shape index (κ3) is 4.44. The average Bonchev–Trinajstić information content (AvgIpc) is 2.43. The van der Waals surface area contributed by atoms with E-state index in [0.29, 0.717) is 0 Å². The molecule has 0 saturated heterocycles. The molecule has 120 valence electrons. The summed E-state index contributed by atoms with van der Waals surface area (Å²) < 4.78 is 23.3. The number of hydrogen-bond donors (Lipinski definition) is 2. The number of hydrogen-bond acceptors (Lipinski definition) is 5. The van der Waals surface area contributed by atoms with E-state index in [2.05, 4.69) is 0 Å². The van der Waals surface area contributed by atoms with Crippen molar-refractivity contribution >= 4 is 17.9 Å². The highest BCUT2D eigenvalue weighted by molar-refractivity contribution is 5.98. The highest BCUT2D eigenvalue weighted by atomic mass is 19.1. The number of benzene rings is 1. The fraction of sp³-hybridized carbons (Fsp3) is 0.357. The summed E-state index contributed by atoms with van der Waals surface area (Å²) >= 11 is 0. The zero-order valence-electron chi connectivity index (χ0n) is 12.4. The number of carbonyl (C=O) groups is 3. The molecule has 1 atom stereocenters. The smallest absolute Gasteiger partial charge is 0.339 e. The van der Waals surface area contributed by atoms with E-state index in [9.17, 15) is 18.8 Å². The molecule has 0 spiro atoms. The van der Waals surface area contributed by atoms with Crippen molar-refractivity contribution in [2.24, 2.45) is 11.7 Å². The summed E-state index contributed by atoms with van der Waals surface area (Å²) in [6.45, 7) is 3.24. The van der Waals surface area contributed by atoms with Crippen molar-refractivity contribution in [2.45, 2.75) is 20.0 Å². The molecule has 0 radical (unpaired) electrons. The fourth-order valence-electron chi connectivity index (χ4n) is 1.66. The molecule has 1 aromatic carbocycles. The van der Waals surface area contributed by atoms with Crippen molar-refractivity contribution in [1.82, 2.24) is 5.32 Å². The summed E-state index contributed by atoms with van der Waals surface area (Å²) in [6, 6.07) is 2.44. The van der Waals surface area contributed by atoms with Crippen LogP contribution in [0.2, 0.25) is 0 Å². The van der Waals surface area contributed by atoms with Crippen LogP contribution in [0.4, 0.5) is 9.18 Å². The zero-order valence-corrected chi connectivity index (χ0v) is 12.4. The van der Waals surface area contributed by atoms with Gasteiger partial charge in [0.15, 0.2) is 17.7 Å². The van der Waals surface area contributed by atoms with Gasteiger partial charge in [0.25, 0.3) is 5.91 Å². The second-order valence-corrected chi connectivity index (χ2v) is 4.77. The number of nitrogens with one attached hydrogen (secondary N) is 1. The standard InChI is InChI=1S/C14H17FN2O5/c1-7(2)11(12(18)17-14(16)20)22-13(19)8-4-5-10(21-3)9(15)6-8/h4-7,11H,1-3H3,(H3,16,17,18,20)/t11-/m0/s1. The van der Waals surface area contributed by atoms with Crippen molar-refractivity contribution in [2.75, 3.05) is 7.11 Å². The number of halogens is 1.